The van der Waals surface area contributed by atoms with E-state index in [9.17, 15) is 4.79 Å². The Labute approximate surface area is 75.8 Å². The molecule has 0 saturated heterocycles. The summed E-state index contributed by atoms with van der Waals surface area (Å²) >= 11 is 0. The number of aryl methyl sites for hydroxylation is 1. The Morgan fingerprint density at radius 3 is 2.85 bits per heavy atom. The molecule has 0 spiro atoms. The zero-order valence-corrected chi connectivity index (χ0v) is 7.32. The molecular weight excluding hydrogens is 164 g/mol. The van der Waals surface area contributed by atoms with Crippen LogP contribution in [0.2, 0.25) is 0 Å². The van der Waals surface area contributed by atoms with Crippen LogP contribution >= 0.6 is 0 Å². The average Bonchev–Trinajstić information content (AvgIpc) is 2.48. The molecule has 1 aromatic heterocycles. The number of hydrogen-bond donors (Lipinski definition) is 1. The predicted octanol–water partition coefficient (Wildman–Crippen LogP) is 1.28. The van der Waals surface area contributed by atoms with Gasteiger partial charge in [0.25, 0.3) is 0 Å². The molecule has 0 aliphatic carbocycles. The standard InChI is InChI=1S/C10H10N2O/c1-12-6-5-7-8(10(11)13)3-2-4-9(7)12/h2-6H,1H3,(H2,11,13). The lowest BCUT2D eigenvalue weighted by Crippen LogP contribution is -2.10. The summed E-state index contributed by atoms with van der Waals surface area (Å²) in [4.78, 5) is 11.0. The first-order valence-electron chi connectivity index (χ1n) is 4.04. The van der Waals surface area contributed by atoms with Crippen molar-refractivity contribution in [3.8, 4) is 0 Å². The van der Waals surface area contributed by atoms with Crippen LogP contribution in [0.5, 0.6) is 0 Å². The first-order valence-corrected chi connectivity index (χ1v) is 4.04. The third-order valence-electron chi connectivity index (χ3n) is 2.19. The predicted molar refractivity (Wildman–Crippen MR) is 51.4 cm³/mol. The van der Waals surface area contributed by atoms with Crippen molar-refractivity contribution in [3.63, 3.8) is 0 Å². The molecule has 1 amide bonds. The molecule has 13 heavy (non-hydrogen) atoms. The van der Waals surface area contributed by atoms with Crippen LogP contribution in [0.3, 0.4) is 0 Å². The topological polar surface area (TPSA) is 48.0 Å². The molecule has 0 fully saturated rings. The Bertz CT molecular complexity index is 471. The highest BCUT2D eigenvalue weighted by atomic mass is 16.1. The minimum absolute atomic E-state index is 0.378. The summed E-state index contributed by atoms with van der Waals surface area (Å²) < 4.78 is 1.96. The van der Waals surface area contributed by atoms with Crippen molar-refractivity contribution in [2.24, 2.45) is 12.8 Å². The maximum atomic E-state index is 11.0. The highest BCUT2D eigenvalue weighted by molar-refractivity contribution is 6.05. The van der Waals surface area contributed by atoms with Gasteiger partial charge in [-0.3, -0.25) is 4.79 Å². The number of amides is 1. The normalized spacial score (nSPS) is 10.5. The Morgan fingerprint density at radius 1 is 1.38 bits per heavy atom. The molecule has 1 aromatic carbocycles. The van der Waals surface area contributed by atoms with E-state index in [-0.39, 0.29) is 5.91 Å². The maximum absolute atomic E-state index is 11.0. The maximum Gasteiger partial charge on any atom is 0.249 e. The number of nitrogens with two attached hydrogens (primary N) is 1. The Kier molecular flexibility index (Phi) is 1.59. The lowest BCUT2D eigenvalue weighted by Gasteiger charge is -1.99. The summed E-state index contributed by atoms with van der Waals surface area (Å²) in [7, 11) is 1.94. The van der Waals surface area contributed by atoms with Crippen molar-refractivity contribution in [2.45, 2.75) is 0 Å². The van der Waals surface area contributed by atoms with Gasteiger partial charge in [-0.2, -0.15) is 0 Å². The average molecular weight is 174 g/mol. The van der Waals surface area contributed by atoms with Crippen molar-refractivity contribution in [1.29, 1.82) is 0 Å². The van der Waals surface area contributed by atoms with E-state index < -0.39 is 0 Å². The fourth-order valence-corrected chi connectivity index (χ4v) is 1.52. The van der Waals surface area contributed by atoms with E-state index in [0.717, 1.165) is 10.9 Å². The second-order valence-corrected chi connectivity index (χ2v) is 3.03. The zero-order valence-electron chi connectivity index (χ0n) is 7.32. The molecule has 0 unspecified atom stereocenters. The molecule has 3 nitrogen and oxygen atoms in total. The third kappa shape index (κ3) is 1.09. The SMILES string of the molecule is Cn1ccc2c(C(N)=O)cccc21. The summed E-state index contributed by atoms with van der Waals surface area (Å²) in [6.45, 7) is 0. The minimum Gasteiger partial charge on any atom is -0.366 e. The molecule has 0 bridgehead atoms. The highest BCUT2D eigenvalue weighted by Crippen LogP contribution is 2.18. The van der Waals surface area contributed by atoms with Gasteiger partial charge in [-0.15, -0.1) is 0 Å². The van der Waals surface area contributed by atoms with Crippen LogP contribution in [0.1, 0.15) is 10.4 Å². The third-order valence-corrected chi connectivity index (χ3v) is 2.19. The van der Waals surface area contributed by atoms with E-state index >= 15 is 0 Å². The van der Waals surface area contributed by atoms with Crippen LogP contribution in [-0.2, 0) is 7.05 Å². The lowest BCUT2D eigenvalue weighted by atomic mass is 10.1. The van der Waals surface area contributed by atoms with Crippen LogP contribution in [0.25, 0.3) is 10.9 Å². The van der Waals surface area contributed by atoms with Gasteiger partial charge in [-0.1, -0.05) is 6.07 Å². The second kappa shape index (κ2) is 2.62. The van der Waals surface area contributed by atoms with Gasteiger partial charge < -0.3 is 10.3 Å². The first-order chi connectivity index (χ1) is 6.20. The van der Waals surface area contributed by atoms with E-state index in [2.05, 4.69) is 0 Å². The van der Waals surface area contributed by atoms with Gasteiger partial charge in [0, 0.05) is 29.7 Å². The minimum atomic E-state index is -0.378. The highest BCUT2D eigenvalue weighted by Gasteiger charge is 2.06. The largest absolute Gasteiger partial charge is 0.366 e. The van der Waals surface area contributed by atoms with Crippen molar-refractivity contribution in [3.05, 3.63) is 36.0 Å². The summed E-state index contributed by atoms with van der Waals surface area (Å²) in [5.74, 6) is -0.378. The number of carbonyl (C=O) groups is 1. The van der Waals surface area contributed by atoms with Crippen molar-refractivity contribution in [2.75, 3.05) is 0 Å². The van der Waals surface area contributed by atoms with Gasteiger partial charge in [0.15, 0.2) is 0 Å². The van der Waals surface area contributed by atoms with Crippen molar-refractivity contribution < 1.29 is 4.79 Å². The molecule has 2 rings (SSSR count). The number of carbonyl (C=O) groups excluding carboxylic acids is 1. The lowest BCUT2D eigenvalue weighted by molar-refractivity contribution is 0.100. The van der Waals surface area contributed by atoms with E-state index in [1.165, 1.54) is 0 Å². The summed E-state index contributed by atoms with van der Waals surface area (Å²) in [6, 6.07) is 7.43. The number of primary amides is 1. The number of fused-ring (bicyclic) bond motifs is 1. The fraction of sp³-hybridized carbons (Fsp3) is 0.100. The number of nitrogens with zero attached hydrogens (tertiary/aromatic N) is 1. The van der Waals surface area contributed by atoms with Crippen LogP contribution in [0.15, 0.2) is 30.5 Å². The summed E-state index contributed by atoms with van der Waals surface area (Å²) in [6.07, 6.45) is 1.91. The van der Waals surface area contributed by atoms with Crippen LogP contribution in [0, 0.1) is 0 Å². The molecule has 2 aromatic rings. The Hall–Kier alpha value is -1.77. The van der Waals surface area contributed by atoms with Crippen molar-refractivity contribution >= 4 is 16.8 Å². The van der Waals surface area contributed by atoms with E-state index in [1.807, 2.05) is 36.0 Å². The molecule has 0 aliphatic rings. The monoisotopic (exact) mass is 174 g/mol. The molecule has 66 valence electrons. The van der Waals surface area contributed by atoms with E-state index in [1.54, 1.807) is 6.07 Å². The Balaban J connectivity index is 2.84. The van der Waals surface area contributed by atoms with Gasteiger partial charge >= 0.3 is 0 Å². The van der Waals surface area contributed by atoms with Crippen molar-refractivity contribution in [1.82, 2.24) is 4.57 Å². The summed E-state index contributed by atoms with van der Waals surface area (Å²) in [5.41, 5.74) is 6.85. The van der Waals surface area contributed by atoms with Crippen LogP contribution in [-0.4, -0.2) is 10.5 Å². The van der Waals surface area contributed by atoms with Gasteiger partial charge in [-0.05, 0) is 18.2 Å². The number of benzene rings is 1. The molecule has 0 saturated carbocycles. The van der Waals surface area contributed by atoms with Crippen LogP contribution in [0.4, 0.5) is 0 Å². The molecular formula is C10H10N2O. The first kappa shape index (κ1) is 7.86. The van der Waals surface area contributed by atoms with Gasteiger partial charge in [0.2, 0.25) is 5.91 Å². The fourth-order valence-electron chi connectivity index (χ4n) is 1.52. The number of aromatic nitrogens is 1. The smallest absolute Gasteiger partial charge is 0.249 e. The summed E-state index contributed by atoms with van der Waals surface area (Å²) in [5, 5.41) is 0.914. The number of hydrogen-bond acceptors (Lipinski definition) is 1. The molecule has 1 heterocycles. The van der Waals surface area contributed by atoms with E-state index in [4.69, 9.17) is 5.73 Å². The zero-order chi connectivity index (χ0) is 9.42. The van der Waals surface area contributed by atoms with Gasteiger partial charge in [0.1, 0.15) is 0 Å². The van der Waals surface area contributed by atoms with Gasteiger partial charge in [0.05, 0.1) is 0 Å². The van der Waals surface area contributed by atoms with Crippen LogP contribution < -0.4 is 5.73 Å². The molecule has 0 radical (unpaired) electrons. The van der Waals surface area contributed by atoms with Gasteiger partial charge in [-0.25, -0.2) is 0 Å². The number of rotatable bonds is 1. The quantitative estimate of drug-likeness (QED) is 0.695. The second-order valence-electron chi connectivity index (χ2n) is 3.03. The molecule has 3 heteroatoms. The molecule has 0 atom stereocenters. The Morgan fingerprint density at radius 2 is 2.15 bits per heavy atom. The molecule has 2 N–H and O–H groups in total. The molecule has 0 aliphatic heterocycles. The van der Waals surface area contributed by atoms with E-state index in [0.29, 0.717) is 5.56 Å².